The summed E-state index contributed by atoms with van der Waals surface area (Å²) >= 11 is 6.13. The summed E-state index contributed by atoms with van der Waals surface area (Å²) in [5.74, 6) is 2.23. The van der Waals surface area contributed by atoms with E-state index < -0.39 is 0 Å². The molecule has 3 heterocycles. The summed E-state index contributed by atoms with van der Waals surface area (Å²) < 4.78 is 8.36. The number of aromatic nitrogens is 3. The zero-order chi connectivity index (χ0) is 16.5. The molecule has 24 heavy (non-hydrogen) atoms. The summed E-state index contributed by atoms with van der Waals surface area (Å²) in [6.45, 7) is 5.66. The molecule has 0 amide bonds. The van der Waals surface area contributed by atoms with E-state index in [2.05, 4.69) is 32.7 Å². The van der Waals surface area contributed by atoms with Crippen molar-refractivity contribution in [1.29, 1.82) is 0 Å². The maximum atomic E-state index is 6.13. The van der Waals surface area contributed by atoms with E-state index in [9.17, 15) is 0 Å². The van der Waals surface area contributed by atoms with Crippen LogP contribution in [0.5, 0.6) is 0 Å². The van der Waals surface area contributed by atoms with E-state index in [0.29, 0.717) is 6.04 Å². The lowest BCUT2D eigenvalue weighted by Gasteiger charge is -2.38. The second-order valence-electron chi connectivity index (χ2n) is 6.80. The largest absolute Gasteiger partial charge is 0.371 e. The average molecular weight is 347 g/mol. The van der Waals surface area contributed by atoms with Crippen molar-refractivity contribution in [1.82, 2.24) is 19.7 Å². The normalized spacial score (nSPS) is 24.8. The second-order valence-corrected chi connectivity index (χ2v) is 7.23. The Morgan fingerprint density at radius 2 is 2.21 bits per heavy atom. The Hall–Kier alpha value is -1.43. The van der Waals surface area contributed by atoms with Crippen LogP contribution in [-0.2, 0) is 24.2 Å². The fraction of sp³-hybridized carbons (Fsp3) is 0.556. The van der Waals surface area contributed by atoms with E-state index in [1.165, 1.54) is 12.8 Å². The van der Waals surface area contributed by atoms with Gasteiger partial charge >= 0.3 is 0 Å². The summed E-state index contributed by atoms with van der Waals surface area (Å²) in [6, 6.07) is 8.34. The van der Waals surface area contributed by atoms with Gasteiger partial charge in [0.25, 0.3) is 0 Å². The summed E-state index contributed by atoms with van der Waals surface area (Å²) in [5.41, 5.74) is 1.14. The highest BCUT2D eigenvalue weighted by Crippen LogP contribution is 2.28. The molecule has 1 aromatic heterocycles. The molecule has 2 aliphatic heterocycles. The van der Waals surface area contributed by atoms with Crippen molar-refractivity contribution in [2.24, 2.45) is 0 Å². The molecule has 4 rings (SSSR count). The number of nitrogens with zero attached hydrogens (tertiary/aromatic N) is 4. The van der Waals surface area contributed by atoms with Gasteiger partial charge in [0.2, 0.25) is 0 Å². The maximum absolute atomic E-state index is 6.13. The van der Waals surface area contributed by atoms with Crippen molar-refractivity contribution in [3.63, 3.8) is 0 Å². The van der Waals surface area contributed by atoms with Crippen LogP contribution < -0.4 is 0 Å². The fourth-order valence-corrected chi connectivity index (χ4v) is 3.80. The van der Waals surface area contributed by atoms with Crippen LogP contribution in [0.2, 0.25) is 5.02 Å². The van der Waals surface area contributed by atoms with E-state index >= 15 is 0 Å². The molecule has 0 spiro atoms. The van der Waals surface area contributed by atoms with Crippen molar-refractivity contribution < 1.29 is 4.74 Å². The van der Waals surface area contributed by atoms with E-state index in [0.717, 1.165) is 54.9 Å². The van der Waals surface area contributed by atoms with Gasteiger partial charge in [0.15, 0.2) is 0 Å². The number of ether oxygens (including phenoxy) is 1. The third-order valence-electron chi connectivity index (χ3n) is 5.06. The Balaban J connectivity index is 1.50. The minimum absolute atomic E-state index is 0.0589. The van der Waals surface area contributed by atoms with Gasteiger partial charge in [0.1, 0.15) is 11.6 Å². The predicted molar refractivity (Wildman–Crippen MR) is 93.0 cm³/mol. The molecule has 0 unspecified atom stereocenters. The number of benzene rings is 1. The van der Waals surface area contributed by atoms with E-state index in [-0.39, 0.29) is 6.10 Å². The van der Waals surface area contributed by atoms with Crippen LogP contribution in [0.4, 0.5) is 0 Å². The van der Waals surface area contributed by atoms with Gasteiger partial charge in [-0.2, -0.15) is 0 Å². The Labute approximate surface area is 147 Å². The van der Waals surface area contributed by atoms with Gasteiger partial charge < -0.3 is 9.30 Å². The van der Waals surface area contributed by atoms with Crippen molar-refractivity contribution >= 4 is 11.6 Å². The average Bonchev–Trinajstić information content (AvgIpc) is 3.00. The van der Waals surface area contributed by atoms with Crippen molar-refractivity contribution in [3.05, 3.63) is 46.5 Å². The predicted octanol–water partition coefficient (Wildman–Crippen LogP) is 3.23. The molecule has 1 fully saturated rings. The van der Waals surface area contributed by atoms with Crippen molar-refractivity contribution in [3.8, 4) is 0 Å². The van der Waals surface area contributed by atoms with Crippen LogP contribution >= 0.6 is 11.6 Å². The van der Waals surface area contributed by atoms with Crippen LogP contribution in [-0.4, -0.2) is 38.9 Å². The maximum Gasteiger partial charge on any atom is 0.147 e. The zero-order valence-corrected chi connectivity index (χ0v) is 14.7. The van der Waals surface area contributed by atoms with Gasteiger partial charge in [-0.15, -0.1) is 10.2 Å². The Kier molecular flexibility index (Phi) is 4.57. The molecule has 0 saturated carbocycles. The molecule has 1 aromatic carbocycles. The molecule has 0 radical (unpaired) electrons. The number of fused-ring (bicyclic) bond motifs is 1. The number of aryl methyl sites for hydroxylation is 1. The highest BCUT2D eigenvalue weighted by molar-refractivity contribution is 6.30. The van der Waals surface area contributed by atoms with Crippen LogP contribution in [0.15, 0.2) is 24.3 Å². The Morgan fingerprint density at radius 3 is 3.08 bits per heavy atom. The molecule has 0 N–H and O–H groups in total. The van der Waals surface area contributed by atoms with Crippen LogP contribution in [0, 0.1) is 0 Å². The first kappa shape index (κ1) is 16.1. The molecule has 128 valence electrons. The Bertz CT molecular complexity index is 717. The van der Waals surface area contributed by atoms with Crippen molar-refractivity contribution in [2.45, 2.75) is 51.4 Å². The molecule has 5 nitrogen and oxygen atoms in total. The molecule has 1 saturated heterocycles. The van der Waals surface area contributed by atoms with Gasteiger partial charge in [-0.3, -0.25) is 4.90 Å². The highest BCUT2D eigenvalue weighted by Gasteiger charge is 2.29. The summed E-state index contributed by atoms with van der Waals surface area (Å²) in [6.07, 6.45) is 3.56. The SMILES string of the molecule is C[C@H]1CO[C@H](c2cccc(Cl)c2)CN1Cc1nnc2n1CCCC2. The van der Waals surface area contributed by atoms with E-state index in [1.54, 1.807) is 0 Å². The van der Waals surface area contributed by atoms with Gasteiger partial charge in [0, 0.05) is 30.6 Å². The van der Waals surface area contributed by atoms with Gasteiger partial charge in [-0.25, -0.2) is 0 Å². The number of rotatable bonds is 3. The Morgan fingerprint density at radius 1 is 1.29 bits per heavy atom. The lowest BCUT2D eigenvalue weighted by molar-refractivity contribution is -0.0644. The van der Waals surface area contributed by atoms with E-state index in [4.69, 9.17) is 16.3 Å². The van der Waals surface area contributed by atoms with E-state index in [1.807, 2.05) is 18.2 Å². The topological polar surface area (TPSA) is 43.2 Å². The van der Waals surface area contributed by atoms with Crippen LogP contribution in [0.25, 0.3) is 0 Å². The summed E-state index contributed by atoms with van der Waals surface area (Å²) in [7, 11) is 0. The third kappa shape index (κ3) is 3.21. The number of morpholine rings is 1. The third-order valence-corrected chi connectivity index (χ3v) is 5.30. The van der Waals surface area contributed by atoms with Crippen LogP contribution in [0.3, 0.4) is 0 Å². The zero-order valence-electron chi connectivity index (χ0n) is 14.0. The molecule has 6 heteroatoms. The smallest absolute Gasteiger partial charge is 0.147 e. The van der Waals surface area contributed by atoms with Gasteiger partial charge in [-0.1, -0.05) is 23.7 Å². The molecule has 0 aliphatic carbocycles. The molecule has 0 bridgehead atoms. The second kappa shape index (κ2) is 6.82. The summed E-state index contributed by atoms with van der Waals surface area (Å²) in [4.78, 5) is 2.45. The molecule has 2 aromatic rings. The van der Waals surface area contributed by atoms with Gasteiger partial charge in [0.05, 0.1) is 19.3 Å². The lowest BCUT2D eigenvalue weighted by Crippen LogP contribution is -2.45. The number of halogens is 1. The number of hydrogen-bond donors (Lipinski definition) is 0. The minimum Gasteiger partial charge on any atom is -0.371 e. The van der Waals surface area contributed by atoms with Crippen molar-refractivity contribution in [2.75, 3.05) is 13.2 Å². The highest BCUT2D eigenvalue weighted by atomic mass is 35.5. The molecule has 2 aliphatic rings. The standard InChI is InChI=1S/C18H23ClN4O/c1-13-12-24-16(14-5-4-6-15(19)9-14)10-22(13)11-18-21-20-17-7-2-3-8-23(17)18/h4-6,9,13,16H,2-3,7-8,10-12H2,1H3/t13-,16-/m0/s1. The fourth-order valence-electron chi connectivity index (χ4n) is 3.60. The minimum atomic E-state index is 0.0589. The lowest BCUT2D eigenvalue weighted by atomic mass is 10.1. The first-order valence-corrected chi connectivity index (χ1v) is 9.10. The number of hydrogen-bond acceptors (Lipinski definition) is 4. The first-order valence-electron chi connectivity index (χ1n) is 8.73. The molecular weight excluding hydrogens is 324 g/mol. The monoisotopic (exact) mass is 346 g/mol. The molecular formula is C18H23ClN4O. The first-order chi connectivity index (χ1) is 11.7. The summed E-state index contributed by atoms with van der Waals surface area (Å²) in [5, 5.41) is 9.58. The molecule has 2 atom stereocenters. The quantitative estimate of drug-likeness (QED) is 0.855. The van der Waals surface area contributed by atoms with Crippen LogP contribution in [0.1, 0.15) is 43.1 Å². The van der Waals surface area contributed by atoms with Gasteiger partial charge in [-0.05, 0) is 37.5 Å².